The van der Waals surface area contributed by atoms with Crippen molar-refractivity contribution < 1.29 is 26.7 Å². The average Bonchev–Trinajstić information content (AvgIpc) is 2.84. The molecule has 0 heterocycles. The Hall–Kier alpha value is -3.85. The highest BCUT2D eigenvalue weighted by Gasteiger charge is 2.13. The normalized spacial score (nSPS) is 10.8. The summed E-state index contributed by atoms with van der Waals surface area (Å²) in [5, 5.41) is 0.623. The van der Waals surface area contributed by atoms with E-state index in [2.05, 4.69) is 11.8 Å². The van der Waals surface area contributed by atoms with Crippen molar-refractivity contribution in [2.75, 3.05) is 6.61 Å². The minimum absolute atomic E-state index is 0.0600. The molecular formula is C29H21F5O. The predicted molar refractivity (Wildman–Crippen MR) is 126 cm³/mol. The largest absolute Gasteiger partial charge is 0.493 e. The fourth-order valence-electron chi connectivity index (χ4n) is 3.69. The van der Waals surface area contributed by atoms with Crippen LogP contribution in [0.25, 0.3) is 10.8 Å². The van der Waals surface area contributed by atoms with Crippen LogP contribution in [-0.2, 0) is 12.8 Å². The van der Waals surface area contributed by atoms with E-state index in [1.165, 1.54) is 30.3 Å². The molecule has 0 saturated carbocycles. The Morgan fingerprint density at radius 1 is 0.714 bits per heavy atom. The maximum atomic E-state index is 14.6. The third kappa shape index (κ3) is 5.63. The summed E-state index contributed by atoms with van der Waals surface area (Å²) in [6.07, 6.45) is 1.02. The number of hydrogen-bond acceptors (Lipinski definition) is 1. The molecule has 0 atom stereocenters. The molecule has 0 aliphatic rings. The van der Waals surface area contributed by atoms with E-state index in [1.807, 2.05) is 6.92 Å². The van der Waals surface area contributed by atoms with E-state index in [9.17, 15) is 22.0 Å². The van der Waals surface area contributed by atoms with Gasteiger partial charge in [0.05, 0.1) is 12.2 Å². The molecule has 4 aromatic carbocycles. The number of hydrogen-bond donors (Lipinski definition) is 0. The maximum Gasteiger partial charge on any atom is 0.166 e. The number of ether oxygens (including phenoxy) is 1. The fourth-order valence-corrected chi connectivity index (χ4v) is 3.69. The molecule has 0 amide bonds. The van der Waals surface area contributed by atoms with Crippen LogP contribution in [0.15, 0.2) is 60.7 Å². The molecule has 4 rings (SSSR count). The Morgan fingerprint density at radius 2 is 1.49 bits per heavy atom. The highest BCUT2D eigenvalue weighted by atomic mass is 19.2. The third-order valence-electron chi connectivity index (χ3n) is 5.53. The van der Waals surface area contributed by atoms with Gasteiger partial charge in [0.25, 0.3) is 0 Å². The first kappa shape index (κ1) is 24.3. The number of benzene rings is 4. The van der Waals surface area contributed by atoms with Crippen LogP contribution in [0.3, 0.4) is 0 Å². The first-order valence-corrected chi connectivity index (χ1v) is 11.1. The van der Waals surface area contributed by atoms with Crippen molar-refractivity contribution in [3.05, 3.63) is 112 Å². The number of aryl methyl sites for hydroxylation is 1. The van der Waals surface area contributed by atoms with Gasteiger partial charge in [-0.15, -0.1) is 0 Å². The molecule has 6 heteroatoms. The van der Waals surface area contributed by atoms with E-state index in [0.29, 0.717) is 23.1 Å². The van der Waals surface area contributed by atoms with Gasteiger partial charge in [-0.25, -0.2) is 22.0 Å². The fraction of sp³-hybridized carbons (Fsp3) is 0.172. The van der Waals surface area contributed by atoms with Crippen molar-refractivity contribution in [2.45, 2.75) is 26.2 Å². The molecule has 178 valence electrons. The second-order valence-electron chi connectivity index (χ2n) is 8.08. The number of fused-ring (bicyclic) bond motifs is 1. The van der Waals surface area contributed by atoms with Gasteiger partial charge in [0.15, 0.2) is 11.6 Å². The first-order valence-electron chi connectivity index (χ1n) is 11.1. The van der Waals surface area contributed by atoms with Crippen molar-refractivity contribution in [3.8, 4) is 17.6 Å². The SMILES string of the molecule is CCCOc1cc(F)c(CCc2ccc(C#Cc3ccc4c(F)c(F)ccc4c3)c(F)c2)c(F)c1. The molecule has 0 aliphatic carbocycles. The topological polar surface area (TPSA) is 9.23 Å². The van der Waals surface area contributed by atoms with Crippen LogP contribution >= 0.6 is 0 Å². The van der Waals surface area contributed by atoms with Crippen molar-refractivity contribution in [3.63, 3.8) is 0 Å². The Morgan fingerprint density at radius 3 is 2.20 bits per heavy atom. The molecule has 4 aromatic rings. The molecular weight excluding hydrogens is 459 g/mol. The van der Waals surface area contributed by atoms with Crippen molar-refractivity contribution >= 4 is 10.8 Å². The predicted octanol–water partition coefficient (Wildman–Crippen LogP) is 7.51. The zero-order valence-corrected chi connectivity index (χ0v) is 18.9. The second-order valence-corrected chi connectivity index (χ2v) is 8.08. The minimum atomic E-state index is -0.929. The van der Waals surface area contributed by atoms with Gasteiger partial charge in [-0.3, -0.25) is 0 Å². The highest BCUT2D eigenvalue weighted by Crippen LogP contribution is 2.24. The molecule has 0 saturated heterocycles. The Balaban J connectivity index is 1.47. The van der Waals surface area contributed by atoms with Gasteiger partial charge in [-0.2, -0.15) is 0 Å². The van der Waals surface area contributed by atoms with Crippen molar-refractivity contribution in [1.82, 2.24) is 0 Å². The molecule has 0 fully saturated rings. The van der Waals surface area contributed by atoms with Gasteiger partial charge < -0.3 is 4.74 Å². The van der Waals surface area contributed by atoms with Crippen molar-refractivity contribution in [2.24, 2.45) is 0 Å². The summed E-state index contributed by atoms with van der Waals surface area (Å²) >= 11 is 0. The molecule has 0 unspecified atom stereocenters. The average molecular weight is 480 g/mol. The van der Waals surface area contributed by atoms with E-state index in [1.54, 1.807) is 12.1 Å². The van der Waals surface area contributed by atoms with Gasteiger partial charge >= 0.3 is 0 Å². The second kappa shape index (κ2) is 10.6. The lowest BCUT2D eigenvalue weighted by Gasteiger charge is -2.10. The maximum absolute atomic E-state index is 14.6. The molecule has 0 aliphatic heterocycles. The van der Waals surface area contributed by atoms with Gasteiger partial charge in [0, 0.05) is 28.6 Å². The van der Waals surface area contributed by atoms with Crippen LogP contribution < -0.4 is 4.74 Å². The monoisotopic (exact) mass is 480 g/mol. The van der Waals surface area contributed by atoms with Gasteiger partial charge in [-0.1, -0.05) is 37.0 Å². The molecule has 0 spiro atoms. The smallest absolute Gasteiger partial charge is 0.166 e. The molecule has 35 heavy (non-hydrogen) atoms. The Bertz CT molecular complexity index is 1430. The first-order chi connectivity index (χ1) is 16.9. The summed E-state index contributed by atoms with van der Waals surface area (Å²) in [6, 6.07) is 13.8. The molecule has 0 radical (unpaired) electrons. The molecule has 0 aromatic heterocycles. The van der Waals surface area contributed by atoms with Crippen LogP contribution in [0.2, 0.25) is 0 Å². The lowest BCUT2D eigenvalue weighted by Crippen LogP contribution is -2.02. The van der Waals surface area contributed by atoms with E-state index in [-0.39, 0.29) is 35.1 Å². The van der Waals surface area contributed by atoms with E-state index < -0.39 is 29.1 Å². The lowest BCUT2D eigenvalue weighted by atomic mass is 10.0. The standard InChI is InChI=1S/C29H21F5O/c1-2-13-35-22-16-27(32)24(28(33)17-22)11-6-19-4-8-20(26(31)15-19)7-3-18-5-10-23-21(14-18)9-12-25(30)29(23)34/h4-5,8-10,12,14-17H,2,6,11,13H2,1H3. The van der Waals surface area contributed by atoms with Gasteiger partial charge in [0.1, 0.15) is 23.2 Å². The Kier molecular flexibility index (Phi) is 7.36. The van der Waals surface area contributed by atoms with Crippen LogP contribution in [0.1, 0.15) is 35.6 Å². The van der Waals surface area contributed by atoms with Gasteiger partial charge in [0.2, 0.25) is 0 Å². The van der Waals surface area contributed by atoms with E-state index in [0.717, 1.165) is 24.6 Å². The highest BCUT2D eigenvalue weighted by molar-refractivity contribution is 5.84. The summed E-state index contributed by atoms with van der Waals surface area (Å²) < 4.78 is 75.7. The molecule has 0 N–H and O–H groups in total. The van der Waals surface area contributed by atoms with E-state index >= 15 is 0 Å². The molecule has 0 bridgehead atoms. The number of rotatable bonds is 6. The van der Waals surface area contributed by atoms with Crippen LogP contribution in [0.5, 0.6) is 5.75 Å². The third-order valence-corrected chi connectivity index (χ3v) is 5.53. The summed E-state index contributed by atoms with van der Waals surface area (Å²) in [5.41, 5.74) is 1.16. The van der Waals surface area contributed by atoms with Crippen LogP contribution in [0, 0.1) is 40.9 Å². The quantitative estimate of drug-likeness (QED) is 0.205. The Labute approximate surface area is 200 Å². The van der Waals surface area contributed by atoms with Gasteiger partial charge in [-0.05, 0) is 60.5 Å². The van der Waals surface area contributed by atoms with Crippen LogP contribution in [-0.4, -0.2) is 6.61 Å². The number of halogens is 5. The summed E-state index contributed by atoms with van der Waals surface area (Å²) in [4.78, 5) is 0. The summed E-state index contributed by atoms with van der Waals surface area (Å²) in [7, 11) is 0. The zero-order valence-electron chi connectivity index (χ0n) is 18.9. The lowest BCUT2D eigenvalue weighted by molar-refractivity contribution is 0.313. The zero-order chi connectivity index (χ0) is 24.9. The van der Waals surface area contributed by atoms with E-state index in [4.69, 9.17) is 4.74 Å². The van der Waals surface area contributed by atoms with Crippen LogP contribution in [0.4, 0.5) is 22.0 Å². The minimum Gasteiger partial charge on any atom is -0.493 e. The summed E-state index contributed by atoms with van der Waals surface area (Å²) in [5.74, 6) is 1.89. The van der Waals surface area contributed by atoms with Crippen molar-refractivity contribution in [1.29, 1.82) is 0 Å². The molecule has 1 nitrogen and oxygen atoms in total. The summed E-state index contributed by atoms with van der Waals surface area (Å²) in [6.45, 7) is 2.26.